The molecule has 0 saturated heterocycles. The van der Waals surface area contributed by atoms with Gasteiger partial charge in [-0.1, -0.05) is 15.9 Å². The van der Waals surface area contributed by atoms with Crippen molar-refractivity contribution in [2.24, 2.45) is 0 Å². The number of alkyl halides is 1. The van der Waals surface area contributed by atoms with Crippen molar-refractivity contribution < 1.29 is 33.4 Å². The molecule has 9 heteroatoms. The lowest BCUT2D eigenvalue weighted by Gasteiger charge is -2.29. The van der Waals surface area contributed by atoms with Crippen molar-refractivity contribution in [3.8, 4) is 0 Å². The summed E-state index contributed by atoms with van der Waals surface area (Å²) in [5.74, 6) is -3.29. The Bertz CT molecular complexity index is 469. The first kappa shape index (κ1) is 22.4. The van der Waals surface area contributed by atoms with E-state index in [1.54, 1.807) is 20.8 Å². The van der Waals surface area contributed by atoms with Crippen LogP contribution in [0.4, 0.5) is 4.79 Å². The Balaban J connectivity index is 5.67. The number of alkyl carbamates (subject to hydrolysis) is 1. The van der Waals surface area contributed by atoms with Gasteiger partial charge >= 0.3 is 18.0 Å². The topological polar surface area (TPSA) is 108 Å². The predicted molar refractivity (Wildman–Crippen MR) is 88.8 cm³/mol. The predicted octanol–water partition coefficient (Wildman–Crippen LogP) is 1.73. The number of hydrogen-bond acceptors (Lipinski definition) is 7. The first-order valence-electron chi connectivity index (χ1n) is 7.32. The fourth-order valence-electron chi connectivity index (χ4n) is 1.81. The lowest BCUT2D eigenvalue weighted by atomic mass is 9.90. The molecule has 0 bridgehead atoms. The number of methoxy groups -OCH3 is 2. The fraction of sp³-hybridized carbons (Fsp3) is 0.733. The summed E-state index contributed by atoms with van der Waals surface area (Å²) in [4.78, 5) is 49.0. The summed E-state index contributed by atoms with van der Waals surface area (Å²) in [5.41, 5.74) is -3.47. The van der Waals surface area contributed by atoms with Crippen LogP contribution in [0.3, 0.4) is 0 Å². The maximum absolute atomic E-state index is 12.6. The monoisotopic (exact) mass is 409 g/mol. The van der Waals surface area contributed by atoms with Gasteiger partial charge in [0.15, 0.2) is 5.78 Å². The van der Waals surface area contributed by atoms with Crippen molar-refractivity contribution in [1.29, 1.82) is 0 Å². The van der Waals surface area contributed by atoms with Gasteiger partial charge < -0.3 is 14.2 Å². The molecular weight excluding hydrogens is 386 g/mol. The van der Waals surface area contributed by atoms with Crippen LogP contribution >= 0.6 is 15.9 Å². The average Bonchev–Trinajstić information content (AvgIpc) is 2.49. The Morgan fingerprint density at radius 2 is 1.46 bits per heavy atom. The standard InChI is InChI=1S/C15H24BrNO7/c1-14(2,3)24-13(21)17-15(11(19)22-4,12(20)23-5)10(18)8-6-7-9-16/h6-9H2,1-5H3,(H,17,21). The van der Waals surface area contributed by atoms with Crippen LogP contribution in [0.1, 0.15) is 40.0 Å². The molecule has 0 aliphatic heterocycles. The summed E-state index contributed by atoms with van der Waals surface area (Å²) in [6, 6.07) is 0. The van der Waals surface area contributed by atoms with E-state index in [9.17, 15) is 19.2 Å². The molecule has 0 heterocycles. The van der Waals surface area contributed by atoms with Crippen molar-refractivity contribution in [3.05, 3.63) is 0 Å². The Hall–Kier alpha value is -1.64. The van der Waals surface area contributed by atoms with Crippen LogP contribution in [-0.2, 0) is 28.6 Å². The zero-order valence-corrected chi connectivity index (χ0v) is 16.2. The van der Waals surface area contributed by atoms with Gasteiger partial charge in [-0.15, -0.1) is 0 Å². The van der Waals surface area contributed by atoms with Crippen LogP contribution < -0.4 is 5.32 Å². The number of hydrogen-bond donors (Lipinski definition) is 1. The molecule has 0 aromatic carbocycles. The molecule has 0 spiro atoms. The number of halogens is 1. The number of rotatable bonds is 8. The van der Waals surface area contributed by atoms with Crippen LogP contribution in [0, 0.1) is 0 Å². The molecule has 0 unspecified atom stereocenters. The molecule has 0 radical (unpaired) electrons. The number of carbonyl (C=O) groups is 4. The van der Waals surface area contributed by atoms with E-state index in [4.69, 9.17) is 4.74 Å². The molecule has 0 aromatic rings. The van der Waals surface area contributed by atoms with E-state index in [0.717, 1.165) is 14.2 Å². The lowest BCUT2D eigenvalue weighted by molar-refractivity contribution is -0.166. The number of Topliss-reactive ketones (excluding diaryl/α,β-unsaturated/α-hetero) is 1. The molecule has 0 aliphatic rings. The van der Waals surface area contributed by atoms with Gasteiger partial charge in [0.2, 0.25) is 0 Å². The smallest absolute Gasteiger partial charge is 0.409 e. The molecule has 0 fully saturated rings. The van der Waals surface area contributed by atoms with Gasteiger partial charge in [-0.2, -0.15) is 0 Å². The van der Waals surface area contributed by atoms with E-state index in [2.05, 4.69) is 25.4 Å². The minimum atomic E-state index is -2.59. The van der Waals surface area contributed by atoms with Crippen LogP contribution in [-0.4, -0.2) is 54.5 Å². The number of unbranched alkanes of at least 4 members (excludes halogenated alkanes) is 1. The molecule has 8 nitrogen and oxygen atoms in total. The van der Waals surface area contributed by atoms with Gasteiger partial charge in [-0.05, 0) is 33.6 Å². The largest absolute Gasteiger partial charge is 0.466 e. The van der Waals surface area contributed by atoms with E-state index < -0.39 is 35.0 Å². The second-order valence-electron chi connectivity index (χ2n) is 5.93. The number of esters is 2. The third kappa shape index (κ3) is 6.10. The van der Waals surface area contributed by atoms with Gasteiger partial charge in [0, 0.05) is 11.8 Å². The number of carbonyl (C=O) groups excluding carboxylic acids is 4. The Labute approximate surface area is 149 Å². The van der Waals surface area contributed by atoms with Crippen molar-refractivity contribution in [1.82, 2.24) is 5.32 Å². The Morgan fingerprint density at radius 1 is 0.958 bits per heavy atom. The van der Waals surface area contributed by atoms with E-state index in [0.29, 0.717) is 18.2 Å². The average molecular weight is 410 g/mol. The van der Waals surface area contributed by atoms with Gasteiger partial charge in [0.25, 0.3) is 5.54 Å². The van der Waals surface area contributed by atoms with Crippen LogP contribution in [0.25, 0.3) is 0 Å². The van der Waals surface area contributed by atoms with E-state index >= 15 is 0 Å². The number of amides is 1. The van der Waals surface area contributed by atoms with Crippen LogP contribution in [0.15, 0.2) is 0 Å². The van der Waals surface area contributed by atoms with Gasteiger partial charge in [0.05, 0.1) is 14.2 Å². The maximum Gasteiger partial charge on any atom is 0.409 e. The molecule has 0 atom stereocenters. The Kier molecular flexibility index (Phi) is 8.95. The zero-order valence-electron chi connectivity index (χ0n) is 14.6. The number of nitrogens with one attached hydrogen (secondary N) is 1. The summed E-state index contributed by atoms with van der Waals surface area (Å²) in [6.07, 6.45) is -0.162. The second-order valence-corrected chi connectivity index (χ2v) is 6.72. The SMILES string of the molecule is COC(=O)C(NC(=O)OC(C)(C)C)(C(=O)CCCCBr)C(=O)OC. The molecule has 0 rings (SSSR count). The summed E-state index contributed by atoms with van der Waals surface area (Å²) >= 11 is 3.22. The molecule has 1 N–H and O–H groups in total. The molecule has 138 valence electrons. The van der Waals surface area contributed by atoms with Crippen molar-refractivity contribution in [3.63, 3.8) is 0 Å². The normalized spacial score (nSPS) is 11.4. The molecule has 24 heavy (non-hydrogen) atoms. The van der Waals surface area contributed by atoms with Crippen LogP contribution in [0.5, 0.6) is 0 Å². The summed E-state index contributed by atoms with van der Waals surface area (Å²) in [6.45, 7) is 4.80. The Morgan fingerprint density at radius 3 is 1.83 bits per heavy atom. The number of ketones is 1. The summed E-state index contributed by atoms with van der Waals surface area (Å²) in [5, 5.41) is 2.70. The van der Waals surface area contributed by atoms with Crippen molar-refractivity contribution in [2.45, 2.75) is 51.2 Å². The quantitative estimate of drug-likeness (QED) is 0.213. The number of ether oxygens (including phenoxy) is 3. The minimum Gasteiger partial charge on any atom is -0.466 e. The third-order valence-corrected chi connectivity index (χ3v) is 3.44. The molecular formula is C15H24BrNO7. The van der Waals surface area contributed by atoms with Crippen LogP contribution in [0.2, 0.25) is 0 Å². The second kappa shape index (κ2) is 9.61. The lowest BCUT2D eigenvalue weighted by Crippen LogP contribution is -2.66. The van der Waals surface area contributed by atoms with Crippen molar-refractivity contribution >= 4 is 39.7 Å². The minimum absolute atomic E-state index is 0.119. The first-order chi connectivity index (χ1) is 11.0. The molecule has 0 aromatic heterocycles. The summed E-state index contributed by atoms with van der Waals surface area (Å²) in [7, 11) is 2.01. The highest BCUT2D eigenvalue weighted by atomic mass is 79.9. The molecule has 0 aliphatic carbocycles. The van der Waals surface area contributed by atoms with E-state index in [-0.39, 0.29) is 6.42 Å². The highest BCUT2D eigenvalue weighted by Gasteiger charge is 2.56. The molecule has 0 saturated carbocycles. The highest BCUT2D eigenvalue weighted by molar-refractivity contribution is 9.09. The fourth-order valence-corrected chi connectivity index (χ4v) is 2.21. The zero-order chi connectivity index (χ0) is 19.0. The van der Waals surface area contributed by atoms with Gasteiger partial charge in [0.1, 0.15) is 5.60 Å². The first-order valence-corrected chi connectivity index (χ1v) is 8.44. The highest BCUT2D eigenvalue weighted by Crippen LogP contribution is 2.18. The van der Waals surface area contributed by atoms with Crippen molar-refractivity contribution in [2.75, 3.05) is 19.5 Å². The van der Waals surface area contributed by atoms with Gasteiger partial charge in [-0.3, -0.25) is 10.1 Å². The van der Waals surface area contributed by atoms with E-state index in [1.807, 2.05) is 5.32 Å². The third-order valence-electron chi connectivity index (χ3n) is 2.88. The van der Waals surface area contributed by atoms with Gasteiger partial charge in [-0.25, -0.2) is 14.4 Å². The summed E-state index contributed by atoms with van der Waals surface area (Å²) < 4.78 is 14.1. The van der Waals surface area contributed by atoms with E-state index in [1.165, 1.54) is 0 Å². The molecule has 1 amide bonds. The maximum atomic E-state index is 12.6.